The van der Waals surface area contributed by atoms with Gasteiger partial charge in [-0.1, -0.05) is 36.4 Å². The van der Waals surface area contributed by atoms with Gasteiger partial charge >= 0.3 is 18.1 Å². The third kappa shape index (κ3) is 4.81. The van der Waals surface area contributed by atoms with Crippen molar-refractivity contribution in [3.8, 4) is 11.1 Å². The third-order valence-electron chi connectivity index (χ3n) is 6.31. The summed E-state index contributed by atoms with van der Waals surface area (Å²) >= 11 is 0. The predicted molar refractivity (Wildman–Crippen MR) is 117 cm³/mol. The number of carboxylic acid groups (broad SMARTS) is 1. The minimum atomic E-state index is -5.08. The van der Waals surface area contributed by atoms with Crippen LogP contribution in [0.25, 0.3) is 11.1 Å². The quantitative estimate of drug-likeness (QED) is 0.371. The maximum absolute atomic E-state index is 13.2. The van der Waals surface area contributed by atoms with Crippen molar-refractivity contribution >= 4 is 23.8 Å². The number of imide groups is 1. The number of benzene rings is 2. The fraction of sp³-hybridized carbons (Fsp3) is 0.333. The van der Waals surface area contributed by atoms with Gasteiger partial charge in [-0.25, -0.2) is 9.18 Å². The van der Waals surface area contributed by atoms with Gasteiger partial charge in [0.1, 0.15) is 11.4 Å². The molecule has 0 spiro atoms. The number of rotatable bonds is 3. The Morgan fingerprint density at radius 3 is 1.92 bits per heavy atom. The lowest BCUT2D eigenvalue weighted by Gasteiger charge is -2.27. The number of esters is 1. The molecule has 36 heavy (non-hydrogen) atoms. The lowest BCUT2D eigenvalue weighted by Crippen LogP contribution is -2.53. The van der Waals surface area contributed by atoms with Gasteiger partial charge in [0.15, 0.2) is 0 Å². The molecule has 0 radical (unpaired) electrons. The average molecular weight is 510 g/mol. The fourth-order valence-electron chi connectivity index (χ4n) is 4.49. The monoisotopic (exact) mass is 510 g/mol. The zero-order chi connectivity index (χ0) is 27.0. The number of likely N-dealkylation sites (tertiary alicyclic amines) is 1. The first-order valence-corrected chi connectivity index (χ1v) is 10.6. The normalized spacial score (nSPS) is 25.2. The predicted octanol–water partition coefficient (Wildman–Crippen LogP) is 2.93. The third-order valence-corrected chi connectivity index (χ3v) is 6.31. The highest BCUT2D eigenvalue weighted by molar-refractivity contribution is 6.09. The van der Waals surface area contributed by atoms with Crippen LogP contribution in [0.3, 0.4) is 0 Å². The number of ether oxygens (including phenoxy) is 1. The van der Waals surface area contributed by atoms with Crippen LogP contribution < -0.4 is 5.32 Å². The van der Waals surface area contributed by atoms with Gasteiger partial charge in [-0.15, -0.1) is 0 Å². The van der Waals surface area contributed by atoms with Crippen LogP contribution in [0.4, 0.5) is 17.6 Å². The van der Waals surface area contributed by atoms with Crippen LogP contribution in [0.5, 0.6) is 0 Å². The zero-order valence-electron chi connectivity index (χ0n) is 19.3. The number of amides is 2. The molecule has 8 nitrogen and oxygen atoms in total. The minimum absolute atomic E-state index is 0.304. The summed E-state index contributed by atoms with van der Waals surface area (Å²) in [5, 5.41) is 10.3. The van der Waals surface area contributed by atoms with Gasteiger partial charge in [-0.3, -0.25) is 24.6 Å². The molecule has 2 saturated heterocycles. The molecule has 2 fully saturated rings. The lowest BCUT2D eigenvalue weighted by molar-refractivity contribution is -0.192. The van der Waals surface area contributed by atoms with Crippen molar-refractivity contribution in [3.05, 3.63) is 59.9 Å². The highest BCUT2D eigenvalue weighted by atomic mass is 19.4. The Labute approximate surface area is 202 Å². The molecule has 2 amide bonds. The van der Waals surface area contributed by atoms with E-state index in [4.69, 9.17) is 14.6 Å². The summed E-state index contributed by atoms with van der Waals surface area (Å²) in [6, 6.07) is 13.1. The van der Waals surface area contributed by atoms with Gasteiger partial charge in [0.05, 0.1) is 18.9 Å². The second kappa shape index (κ2) is 9.69. The first-order chi connectivity index (χ1) is 16.7. The molecule has 4 rings (SSSR count). The number of aliphatic carboxylic acids is 1. The van der Waals surface area contributed by atoms with E-state index in [2.05, 4.69) is 5.32 Å². The summed E-state index contributed by atoms with van der Waals surface area (Å²) < 4.78 is 49.8. The molecule has 0 bridgehead atoms. The molecule has 0 saturated carbocycles. The van der Waals surface area contributed by atoms with E-state index in [1.165, 1.54) is 26.3 Å². The van der Waals surface area contributed by atoms with E-state index >= 15 is 0 Å². The second-order valence-corrected chi connectivity index (χ2v) is 8.49. The Bertz CT molecular complexity index is 1180. The smallest absolute Gasteiger partial charge is 0.475 e. The topological polar surface area (TPSA) is 113 Å². The van der Waals surface area contributed by atoms with Gasteiger partial charge in [-0.2, -0.15) is 13.2 Å². The summed E-state index contributed by atoms with van der Waals surface area (Å²) in [4.78, 5) is 48.0. The van der Waals surface area contributed by atoms with E-state index in [1.807, 2.05) is 24.3 Å². The highest BCUT2D eigenvalue weighted by Crippen LogP contribution is 2.48. The van der Waals surface area contributed by atoms with Crippen molar-refractivity contribution < 1.29 is 46.6 Å². The lowest BCUT2D eigenvalue weighted by atomic mass is 9.80. The Morgan fingerprint density at radius 1 is 1.00 bits per heavy atom. The summed E-state index contributed by atoms with van der Waals surface area (Å²) in [6.07, 6.45) is -5.08. The number of nitrogens with zero attached hydrogens (tertiary/aromatic N) is 1. The summed E-state index contributed by atoms with van der Waals surface area (Å²) in [6.45, 7) is 1.60. The Morgan fingerprint density at radius 2 is 1.47 bits per heavy atom. The number of carbonyl (C=O) groups is 4. The van der Waals surface area contributed by atoms with Crippen molar-refractivity contribution in [1.82, 2.24) is 10.2 Å². The number of nitrogens with one attached hydrogen (secondary N) is 1. The molecule has 2 N–H and O–H groups in total. The molecule has 192 valence electrons. The molecule has 12 heteroatoms. The molecule has 2 heterocycles. The molecule has 4 atom stereocenters. The number of halogens is 4. The number of carbonyl (C=O) groups excluding carboxylic acids is 3. The van der Waals surface area contributed by atoms with Crippen molar-refractivity contribution in [2.24, 2.45) is 11.8 Å². The van der Waals surface area contributed by atoms with Crippen molar-refractivity contribution in [3.63, 3.8) is 0 Å². The maximum Gasteiger partial charge on any atom is 0.490 e. The number of methoxy groups -OCH3 is 1. The van der Waals surface area contributed by atoms with E-state index in [1.54, 1.807) is 19.1 Å². The summed E-state index contributed by atoms with van der Waals surface area (Å²) in [5.74, 6) is -5.84. The highest BCUT2D eigenvalue weighted by Gasteiger charge is 2.66. The average Bonchev–Trinajstić information content (AvgIpc) is 3.27. The SMILES string of the molecule is COC(=O)[C@]1(C)NC(c2ccc(-c3ccc(F)cc3)cc2)C2C(=O)N(C)C(=O)C21.O=C(O)C(F)(F)F. The van der Waals surface area contributed by atoms with Gasteiger partial charge in [0.25, 0.3) is 0 Å². The number of hydrogen-bond donors (Lipinski definition) is 2. The number of carboxylic acids is 1. The first kappa shape index (κ1) is 26.8. The van der Waals surface area contributed by atoms with Crippen LogP contribution in [-0.4, -0.2) is 59.6 Å². The van der Waals surface area contributed by atoms with Crippen LogP contribution in [-0.2, 0) is 23.9 Å². The van der Waals surface area contributed by atoms with Crippen LogP contribution in [0.15, 0.2) is 48.5 Å². The van der Waals surface area contributed by atoms with E-state index in [0.29, 0.717) is 0 Å². The number of alkyl halides is 3. The van der Waals surface area contributed by atoms with Gasteiger partial charge in [-0.05, 0) is 35.7 Å². The van der Waals surface area contributed by atoms with E-state index in [9.17, 15) is 31.9 Å². The molecule has 2 aliphatic rings. The summed E-state index contributed by atoms with van der Waals surface area (Å²) in [7, 11) is 2.70. The van der Waals surface area contributed by atoms with E-state index in [0.717, 1.165) is 21.6 Å². The molecule has 2 aromatic rings. The Hall–Kier alpha value is -3.80. The standard InChI is InChI=1S/C22H21FN2O4.C2HF3O2/c1-22(21(28)29-3)17-16(19(26)25(2)20(17)27)18(24-22)14-6-4-12(5-7-14)13-8-10-15(23)11-9-13;3-2(4,5)1(6)7/h4-11,16-18,24H,1-3H3;(H,6,7)/t16?,17?,18?,22-;/m1./s1. The molecular formula is C24H22F4N2O6. The molecule has 2 aromatic carbocycles. The van der Waals surface area contributed by atoms with Gasteiger partial charge < -0.3 is 9.84 Å². The number of hydrogen-bond acceptors (Lipinski definition) is 6. The van der Waals surface area contributed by atoms with Crippen molar-refractivity contribution in [2.75, 3.05) is 14.2 Å². The van der Waals surface area contributed by atoms with Crippen molar-refractivity contribution in [1.29, 1.82) is 0 Å². The Balaban J connectivity index is 0.000000454. The van der Waals surface area contributed by atoms with Crippen LogP contribution in [0.1, 0.15) is 18.5 Å². The molecule has 0 aliphatic carbocycles. The number of fused-ring (bicyclic) bond motifs is 1. The van der Waals surface area contributed by atoms with Crippen LogP contribution in [0, 0.1) is 17.7 Å². The zero-order valence-corrected chi connectivity index (χ0v) is 19.3. The minimum Gasteiger partial charge on any atom is -0.475 e. The largest absolute Gasteiger partial charge is 0.490 e. The Kier molecular flexibility index (Phi) is 7.21. The fourth-order valence-corrected chi connectivity index (χ4v) is 4.49. The van der Waals surface area contributed by atoms with Gasteiger partial charge in [0, 0.05) is 13.1 Å². The second-order valence-electron chi connectivity index (χ2n) is 8.49. The molecular weight excluding hydrogens is 488 g/mol. The molecule has 3 unspecified atom stereocenters. The van der Waals surface area contributed by atoms with E-state index in [-0.39, 0.29) is 17.6 Å². The van der Waals surface area contributed by atoms with Crippen LogP contribution >= 0.6 is 0 Å². The van der Waals surface area contributed by atoms with Crippen LogP contribution in [0.2, 0.25) is 0 Å². The maximum atomic E-state index is 13.2. The summed E-state index contributed by atoms with van der Waals surface area (Å²) in [5.41, 5.74) is 1.25. The van der Waals surface area contributed by atoms with Gasteiger partial charge in [0.2, 0.25) is 11.8 Å². The van der Waals surface area contributed by atoms with Crippen molar-refractivity contribution in [2.45, 2.75) is 24.7 Å². The first-order valence-electron chi connectivity index (χ1n) is 10.6. The van der Waals surface area contributed by atoms with E-state index < -0.39 is 41.5 Å². The molecule has 2 aliphatic heterocycles. The molecule has 0 aromatic heterocycles.